The zero-order chi connectivity index (χ0) is 12.6. The number of aliphatic hydroxyl groups is 1. The SMILES string of the molecule is Cc1cc(CNC2(C(N)=O)CC(O)C2)sc1C. The summed E-state index contributed by atoms with van der Waals surface area (Å²) in [6, 6.07) is 2.12. The molecule has 94 valence electrons. The second kappa shape index (κ2) is 4.40. The molecule has 0 aromatic carbocycles. The normalized spacial score (nSPS) is 27.8. The Labute approximate surface area is 105 Å². The third kappa shape index (κ3) is 2.36. The Hall–Kier alpha value is -0.910. The fourth-order valence-corrected chi connectivity index (χ4v) is 3.16. The first-order valence-electron chi connectivity index (χ1n) is 5.72. The van der Waals surface area contributed by atoms with Crippen molar-refractivity contribution in [3.63, 3.8) is 0 Å². The molecule has 0 radical (unpaired) electrons. The molecule has 0 unspecified atom stereocenters. The van der Waals surface area contributed by atoms with Crippen molar-refractivity contribution in [2.75, 3.05) is 0 Å². The van der Waals surface area contributed by atoms with Gasteiger partial charge in [-0.1, -0.05) is 0 Å². The fraction of sp³-hybridized carbons (Fsp3) is 0.583. The number of nitrogens with two attached hydrogens (primary N) is 1. The minimum absolute atomic E-state index is 0.368. The summed E-state index contributed by atoms with van der Waals surface area (Å²) in [5, 5.41) is 12.5. The number of amides is 1. The van der Waals surface area contributed by atoms with Gasteiger partial charge in [-0.2, -0.15) is 0 Å². The molecule has 2 rings (SSSR count). The van der Waals surface area contributed by atoms with Gasteiger partial charge >= 0.3 is 0 Å². The van der Waals surface area contributed by atoms with Crippen molar-refractivity contribution in [1.29, 1.82) is 0 Å². The lowest BCUT2D eigenvalue weighted by Gasteiger charge is -2.43. The first kappa shape index (κ1) is 12.5. The number of primary amides is 1. The van der Waals surface area contributed by atoms with Crippen molar-refractivity contribution in [2.45, 2.75) is 44.9 Å². The van der Waals surface area contributed by atoms with E-state index >= 15 is 0 Å². The maximum Gasteiger partial charge on any atom is 0.237 e. The molecule has 0 spiro atoms. The van der Waals surface area contributed by atoms with Crippen LogP contribution in [-0.4, -0.2) is 22.7 Å². The quantitative estimate of drug-likeness (QED) is 0.745. The number of rotatable bonds is 4. The molecule has 4 N–H and O–H groups in total. The Bertz CT molecular complexity index is 416. The number of thiophene rings is 1. The first-order valence-corrected chi connectivity index (χ1v) is 6.53. The lowest BCUT2D eigenvalue weighted by Crippen LogP contribution is -2.64. The average molecular weight is 254 g/mol. The van der Waals surface area contributed by atoms with E-state index < -0.39 is 11.6 Å². The molecule has 0 atom stereocenters. The summed E-state index contributed by atoms with van der Waals surface area (Å²) in [7, 11) is 0. The summed E-state index contributed by atoms with van der Waals surface area (Å²) in [4.78, 5) is 13.9. The van der Waals surface area contributed by atoms with Crippen LogP contribution in [0.15, 0.2) is 6.07 Å². The Kier molecular flexibility index (Phi) is 3.25. The molecule has 1 amide bonds. The zero-order valence-electron chi connectivity index (χ0n) is 10.1. The lowest BCUT2D eigenvalue weighted by atomic mass is 9.73. The monoisotopic (exact) mass is 254 g/mol. The topological polar surface area (TPSA) is 75.3 Å². The lowest BCUT2D eigenvalue weighted by molar-refractivity contribution is -0.133. The van der Waals surface area contributed by atoms with Crippen LogP contribution >= 0.6 is 11.3 Å². The van der Waals surface area contributed by atoms with Gasteiger partial charge in [-0.3, -0.25) is 10.1 Å². The van der Waals surface area contributed by atoms with Crippen LogP contribution in [0.1, 0.15) is 28.2 Å². The van der Waals surface area contributed by atoms with Crippen molar-refractivity contribution in [3.05, 3.63) is 21.4 Å². The maximum absolute atomic E-state index is 11.4. The molecule has 1 aromatic rings. The third-order valence-corrected chi connectivity index (χ3v) is 4.61. The van der Waals surface area contributed by atoms with Crippen molar-refractivity contribution < 1.29 is 9.90 Å². The van der Waals surface area contributed by atoms with E-state index in [9.17, 15) is 9.90 Å². The van der Waals surface area contributed by atoms with Crippen molar-refractivity contribution in [1.82, 2.24) is 5.32 Å². The zero-order valence-corrected chi connectivity index (χ0v) is 10.9. The molecule has 0 saturated heterocycles. The number of aryl methyl sites for hydroxylation is 2. The van der Waals surface area contributed by atoms with Gasteiger partial charge in [-0.25, -0.2) is 0 Å². The molecule has 1 saturated carbocycles. The minimum atomic E-state index is -0.703. The van der Waals surface area contributed by atoms with Crippen LogP contribution < -0.4 is 11.1 Å². The van der Waals surface area contributed by atoms with Crippen LogP contribution in [0.2, 0.25) is 0 Å². The van der Waals surface area contributed by atoms with Gasteiger partial charge in [-0.15, -0.1) is 11.3 Å². The molecule has 17 heavy (non-hydrogen) atoms. The van der Waals surface area contributed by atoms with E-state index in [2.05, 4.69) is 25.2 Å². The highest BCUT2D eigenvalue weighted by Gasteiger charge is 2.48. The molecule has 1 heterocycles. The molecule has 1 aliphatic rings. The van der Waals surface area contributed by atoms with Crippen LogP contribution in [0, 0.1) is 13.8 Å². The van der Waals surface area contributed by atoms with Gasteiger partial charge in [0.2, 0.25) is 5.91 Å². The second-order valence-electron chi connectivity index (χ2n) is 4.81. The third-order valence-electron chi connectivity index (χ3n) is 3.46. The molecule has 1 fully saturated rings. The van der Waals surface area contributed by atoms with Gasteiger partial charge in [0.25, 0.3) is 0 Å². The largest absolute Gasteiger partial charge is 0.393 e. The number of carbonyl (C=O) groups excluding carboxylic acids is 1. The predicted molar refractivity (Wildman–Crippen MR) is 67.8 cm³/mol. The van der Waals surface area contributed by atoms with E-state index in [0.29, 0.717) is 19.4 Å². The molecule has 1 aliphatic carbocycles. The highest BCUT2D eigenvalue weighted by atomic mass is 32.1. The van der Waals surface area contributed by atoms with E-state index in [1.54, 1.807) is 11.3 Å². The van der Waals surface area contributed by atoms with Crippen LogP contribution in [-0.2, 0) is 11.3 Å². The molecule has 1 aromatic heterocycles. The Morgan fingerprint density at radius 3 is 2.71 bits per heavy atom. The van der Waals surface area contributed by atoms with Gasteiger partial charge in [0.1, 0.15) is 5.54 Å². The number of hydrogen-bond acceptors (Lipinski definition) is 4. The van der Waals surface area contributed by atoms with Crippen LogP contribution in [0.3, 0.4) is 0 Å². The summed E-state index contributed by atoms with van der Waals surface area (Å²) in [6.45, 7) is 4.79. The van der Waals surface area contributed by atoms with E-state index in [1.807, 2.05) is 0 Å². The molecule has 4 nitrogen and oxygen atoms in total. The van der Waals surface area contributed by atoms with Crippen molar-refractivity contribution in [3.8, 4) is 0 Å². The molecule has 0 aliphatic heterocycles. The summed E-state index contributed by atoms with van der Waals surface area (Å²) in [5.74, 6) is -0.368. The van der Waals surface area contributed by atoms with Crippen LogP contribution in [0.5, 0.6) is 0 Å². The van der Waals surface area contributed by atoms with E-state index in [-0.39, 0.29) is 5.91 Å². The van der Waals surface area contributed by atoms with Crippen molar-refractivity contribution >= 4 is 17.2 Å². The standard InChI is InChI=1S/C12H18N2O2S/c1-7-3-10(17-8(7)2)6-14-12(11(13)16)4-9(15)5-12/h3,9,14-15H,4-6H2,1-2H3,(H2,13,16). The Morgan fingerprint density at radius 2 is 2.29 bits per heavy atom. The van der Waals surface area contributed by atoms with E-state index in [4.69, 9.17) is 5.73 Å². The van der Waals surface area contributed by atoms with E-state index in [0.717, 1.165) is 0 Å². The highest BCUT2D eigenvalue weighted by Crippen LogP contribution is 2.33. The molecular weight excluding hydrogens is 236 g/mol. The summed E-state index contributed by atoms with van der Waals surface area (Å²) >= 11 is 1.73. The van der Waals surface area contributed by atoms with Gasteiger partial charge in [-0.05, 0) is 25.5 Å². The average Bonchev–Trinajstić information content (AvgIpc) is 2.51. The highest BCUT2D eigenvalue weighted by molar-refractivity contribution is 7.12. The van der Waals surface area contributed by atoms with Gasteiger partial charge in [0.15, 0.2) is 0 Å². The first-order chi connectivity index (χ1) is 7.93. The second-order valence-corrected chi connectivity index (χ2v) is 6.15. The predicted octanol–water partition coefficient (Wildman–Crippen LogP) is 0.833. The van der Waals surface area contributed by atoms with Gasteiger partial charge < -0.3 is 10.8 Å². The minimum Gasteiger partial charge on any atom is -0.393 e. The summed E-state index contributed by atoms with van der Waals surface area (Å²) in [6.07, 6.45) is 0.443. The summed E-state index contributed by atoms with van der Waals surface area (Å²) < 4.78 is 0. The molecular formula is C12H18N2O2S. The van der Waals surface area contributed by atoms with Gasteiger partial charge in [0.05, 0.1) is 6.10 Å². The Morgan fingerprint density at radius 1 is 1.65 bits per heavy atom. The number of aliphatic hydroxyl groups excluding tert-OH is 1. The molecule has 5 heteroatoms. The van der Waals surface area contributed by atoms with Crippen LogP contribution in [0.25, 0.3) is 0 Å². The van der Waals surface area contributed by atoms with Gasteiger partial charge in [0, 0.05) is 29.1 Å². The van der Waals surface area contributed by atoms with Crippen molar-refractivity contribution in [2.24, 2.45) is 5.73 Å². The number of nitrogens with one attached hydrogen (secondary N) is 1. The Balaban J connectivity index is 1.99. The summed E-state index contributed by atoms with van der Waals surface area (Å²) in [5.41, 5.74) is 5.95. The number of carbonyl (C=O) groups is 1. The van der Waals surface area contributed by atoms with E-state index in [1.165, 1.54) is 15.3 Å². The van der Waals surface area contributed by atoms with Crippen LogP contribution in [0.4, 0.5) is 0 Å². The number of hydrogen-bond donors (Lipinski definition) is 3. The fourth-order valence-electron chi connectivity index (χ4n) is 2.17. The molecule has 0 bridgehead atoms. The maximum atomic E-state index is 11.4. The smallest absolute Gasteiger partial charge is 0.237 e.